The third-order valence-corrected chi connectivity index (χ3v) is 6.12. The number of nitrogens with zero attached hydrogens (tertiary/aromatic N) is 4. The standard InChI is InChI=1S/C17H18N4O2S/c1-13-9-17-18-10-15-11-20(8-7-16(15)21(17)19-13)24(22,23)12-14-5-3-2-4-6-14/h2-6,9-10H,7-8,11-12H2,1H3. The quantitative estimate of drug-likeness (QED) is 0.729. The highest BCUT2D eigenvalue weighted by Crippen LogP contribution is 2.23. The molecular formula is C17H18N4O2S. The fourth-order valence-corrected chi connectivity index (χ4v) is 4.64. The average molecular weight is 342 g/mol. The summed E-state index contributed by atoms with van der Waals surface area (Å²) in [6, 6.07) is 11.2. The Hall–Kier alpha value is -2.25. The molecule has 124 valence electrons. The Morgan fingerprint density at radius 1 is 1.21 bits per heavy atom. The lowest BCUT2D eigenvalue weighted by Gasteiger charge is -2.28. The number of benzene rings is 1. The van der Waals surface area contributed by atoms with E-state index in [4.69, 9.17) is 0 Å². The summed E-state index contributed by atoms with van der Waals surface area (Å²) in [6.07, 6.45) is 2.42. The van der Waals surface area contributed by atoms with Gasteiger partial charge in [0.05, 0.1) is 17.1 Å². The maximum Gasteiger partial charge on any atom is 0.218 e. The molecule has 3 aromatic rings. The molecule has 6 nitrogen and oxygen atoms in total. The number of sulfonamides is 1. The van der Waals surface area contributed by atoms with Crippen LogP contribution in [0.5, 0.6) is 0 Å². The van der Waals surface area contributed by atoms with Crippen molar-refractivity contribution < 1.29 is 8.42 Å². The van der Waals surface area contributed by atoms with Gasteiger partial charge in [-0.15, -0.1) is 0 Å². The number of aryl methyl sites for hydroxylation is 1. The summed E-state index contributed by atoms with van der Waals surface area (Å²) in [4.78, 5) is 4.39. The van der Waals surface area contributed by atoms with Gasteiger partial charge in [-0.25, -0.2) is 17.9 Å². The molecular weight excluding hydrogens is 324 g/mol. The number of hydrogen-bond acceptors (Lipinski definition) is 4. The van der Waals surface area contributed by atoms with E-state index in [1.165, 1.54) is 0 Å². The molecule has 1 aliphatic rings. The van der Waals surface area contributed by atoms with Crippen LogP contribution in [-0.2, 0) is 28.7 Å². The molecule has 0 unspecified atom stereocenters. The van der Waals surface area contributed by atoms with Crippen LogP contribution < -0.4 is 0 Å². The van der Waals surface area contributed by atoms with Crippen LogP contribution in [0.25, 0.3) is 5.65 Å². The van der Waals surface area contributed by atoms with Crippen molar-refractivity contribution in [2.45, 2.75) is 25.6 Å². The minimum Gasteiger partial charge on any atom is -0.237 e. The maximum absolute atomic E-state index is 12.7. The molecule has 0 radical (unpaired) electrons. The Bertz CT molecular complexity index is 996. The highest BCUT2D eigenvalue weighted by atomic mass is 32.2. The second-order valence-corrected chi connectivity index (χ2v) is 8.08. The van der Waals surface area contributed by atoms with Gasteiger partial charge >= 0.3 is 0 Å². The number of aromatic nitrogens is 3. The highest BCUT2D eigenvalue weighted by molar-refractivity contribution is 7.88. The van der Waals surface area contributed by atoms with Gasteiger partial charge < -0.3 is 0 Å². The van der Waals surface area contributed by atoms with E-state index in [9.17, 15) is 8.42 Å². The molecule has 0 spiro atoms. The zero-order valence-electron chi connectivity index (χ0n) is 13.4. The van der Waals surface area contributed by atoms with Crippen LogP contribution in [0.1, 0.15) is 22.5 Å². The Morgan fingerprint density at radius 2 is 2.00 bits per heavy atom. The van der Waals surface area contributed by atoms with Crippen LogP contribution in [-0.4, -0.2) is 33.9 Å². The molecule has 0 N–H and O–H groups in total. The highest BCUT2D eigenvalue weighted by Gasteiger charge is 2.28. The first-order valence-corrected chi connectivity index (χ1v) is 9.49. The van der Waals surface area contributed by atoms with Gasteiger partial charge in [-0.05, 0) is 12.5 Å². The van der Waals surface area contributed by atoms with Gasteiger partial charge in [0.25, 0.3) is 0 Å². The Labute approximate surface area is 140 Å². The molecule has 1 aromatic carbocycles. The van der Waals surface area contributed by atoms with Crippen molar-refractivity contribution in [1.29, 1.82) is 0 Å². The van der Waals surface area contributed by atoms with Crippen LogP contribution in [0.15, 0.2) is 42.6 Å². The van der Waals surface area contributed by atoms with E-state index < -0.39 is 10.0 Å². The number of rotatable bonds is 3. The van der Waals surface area contributed by atoms with Crippen molar-refractivity contribution in [1.82, 2.24) is 18.9 Å². The van der Waals surface area contributed by atoms with Gasteiger partial charge in [-0.1, -0.05) is 30.3 Å². The smallest absolute Gasteiger partial charge is 0.218 e. The molecule has 0 aliphatic carbocycles. The van der Waals surface area contributed by atoms with Gasteiger partial charge in [0, 0.05) is 37.3 Å². The minimum atomic E-state index is -3.35. The zero-order chi connectivity index (χ0) is 16.7. The van der Waals surface area contributed by atoms with Gasteiger partial charge in [-0.3, -0.25) is 0 Å². The first-order valence-electron chi connectivity index (χ1n) is 7.88. The first kappa shape index (κ1) is 15.3. The number of fused-ring (bicyclic) bond motifs is 3. The van der Waals surface area contributed by atoms with Gasteiger partial charge in [0.15, 0.2) is 5.65 Å². The molecule has 0 saturated carbocycles. The lowest BCUT2D eigenvalue weighted by molar-refractivity contribution is 0.383. The summed E-state index contributed by atoms with van der Waals surface area (Å²) >= 11 is 0. The van der Waals surface area contributed by atoms with Crippen LogP contribution in [0, 0.1) is 6.92 Å². The summed E-state index contributed by atoms with van der Waals surface area (Å²) in [5.74, 6) is 0.0275. The van der Waals surface area contributed by atoms with Crippen molar-refractivity contribution in [3.63, 3.8) is 0 Å². The molecule has 0 atom stereocenters. The van der Waals surface area contributed by atoms with E-state index >= 15 is 0 Å². The van der Waals surface area contributed by atoms with E-state index in [1.807, 2.05) is 47.8 Å². The fourth-order valence-electron chi connectivity index (χ4n) is 3.14. The predicted molar refractivity (Wildman–Crippen MR) is 90.9 cm³/mol. The number of hydrogen-bond donors (Lipinski definition) is 0. The molecule has 0 fully saturated rings. The minimum absolute atomic E-state index is 0.0275. The summed E-state index contributed by atoms with van der Waals surface area (Å²) in [7, 11) is -3.35. The Balaban J connectivity index is 1.63. The second-order valence-electron chi connectivity index (χ2n) is 6.11. The molecule has 0 amide bonds. The third-order valence-electron chi connectivity index (χ3n) is 4.32. The second kappa shape index (κ2) is 5.68. The third kappa shape index (κ3) is 2.70. The zero-order valence-corrected chi connectivity index (χ0v) is 14.2. The normalized spacial score (nSPS) is 15.5. The molecule has 3 heterocycles. The predicted octanol–water partition coefficient (Wildman–Crippen LogP) is 1.93. The summed E-state index contributed by atoms with van der Waals surface area (Å²) in [5.41, 5.74) is 4.51. The van der Waals surface area contributed by atoms with Crippen molar-refractivity contribution in [3.05, 3.63) is 65.1 Å². The largest absolute Gasteiger partial charge is 0.237 e. The fraction of sp³-hybridized carbons (Fsp3) is 0.294. The van der Waals surface area contributed by atoms with Crippen molar-refractivity contribution in [2.24, 2.45) is 0 Å². The Kier molecular flexibility index (Phi) is 3.62. The van der Waals surface area contributed by atoms with Crippen molar-refractivity contribution in [2.75, 3.05) is 6.54 Å². The van der Waals surface area contributed by atoms with E-state index in [0.29, 0.717) is 19.5 Å². The first-order chi connectivity index (χ1) is 11.5. The van der Waals surface area contributed by atoms with Crippen LogP contribution in [0.4, 0.5) is 0 Å². The maximum atomic E-state index is 12.7. The molecule has 2 aromatic heterocycles. The van der Waals surface area contributed by atoms with Crippen LogP contribution in [0.2, 0.25) is 0 Å². The lowest BCUT2D eigenvalue weighted by atomic mass is 10.1. The van der Waals surface area contributed by atoms with Gasteiger partial charge in [0.2, 0.25) is 10.0 Å². The van der Waals surface area contributed by atoms with Crippen LogP contribution >= 0.6 is 0 Å². The molecule has 1 aliphatic heterocycles. The van der Waals surface area contributed by atoms with Gasteiger partial charge in [-0.2, -0.15) is 9.40 Å². The van der Waals surface area contributed by atoms with Crippen molar-refractivity contribution in [3.8, 4) is 0 Å². The van der Waals surface area contributed by atoms with E-state index in [1.54, 1.807) is 10.5 Å². The monoisotopic (exact) mass is 342 g/mol. The summed E-state index contributed by atoms with van der Waals surface area (Å²) in [5, 5.41) is 4.47. The summed E-state index contributed by atoms with van der Waals surface area (Å²) in [6.45, 7) is 2.76. The molecule has 0 saturated heterocycles. The summed E-state index contributed by atoms with van der Waals surface area (Å²) < 4.78 is 28.8. The van der Waals surface area contributed by atoms with Crippen LogP contribution in [0.3, 0.4) is 0 Å². The van der Waals surface area contributed by atoms with E-state index in [2.05, 4.69) is 10.1 Å². The SMILES string of the molecule is Cc1cc2ncc3c(n2n1)CCN(S(=O)(=O)Cc1ccccc1)C3. The average Bonchev–Trinajstić information content (AvgIpc) is 2.95. The molecule has 4 rings (SSSR count). The molecule has 24 heavy (non-hydrogen) atoms. The topological polar surface area (TPSA) is 67.6 Å². The van der Waals surface area contributed by atoms with E-state index in [-0.39, 0.29) is 5.75 Å². The van der Waals surface area contributed by atoms with Gasteiger partial charge in [0.1, 0.15) is 0 Å². The van der Waals surface area contributed by atoms with Crippen molar-refractivity contribution >= 4 is 15.7 Å². The van der Waals surface area contributed by atoms with E-state index in [0.717, 1.165) is 28.2 Å². The lowest BCUT2D eigenvalue weighted by Crippen LogP contribution is -2.37. The Morgan fingerprint density at radius 3 is 2.79 bits per heavy atom. The molecule has 7 heteroatoms. The molecule has 0 bridgehead atoms.